The molecular formula is C23H24Cl2N4O7SSe. The van der Waals surface area contributed by atoms with E-state index in [0.717, 1.165) is 0 Å². The molecule has 0 radical (unpaired) electrons. The summed E-state index contributed by atoms with van der Waals surface area (Å²) in [6.45, 7) is -0.636. The molecule has 0 heterocycles. The number of carbonyl (C=O) groups is 5. The summed E-state index contributed by atoms with van der Waals surface area (Å²) in [6, 6.07) is 9.26. The predicted octanol–water partition coefficient (Wildman–Crippen LogP) is 1.10. The molecule has 0 fully saturated rings. The van der Waals surface area contributed by atoms with Gasteiger partial charge in [-0.05, 0) is 0 Å². The van der Waals surface area contributed by atoms with Crippen molar-refractivity contribution in [1.82, 2.24) is 10.6 Å². The van der Waals surface area contributed by atoms with Crippen LogP contribution < -0.4 is 26.1 Å². The van der Waals surface area contributed by atoms with Crippen LogP contribution in [0.15, 0.2) is 42.5 Å². The van der Waals surface area contributed by atoms with E-state index in [1.807, 2.05) is 0 Å². The zero-order valence-electron chi connectivity index (χ0n) is 19.6. The average Bonchev–Trinajstić information content (AvgIpc) is 2.87. The van der Waals surface area contributed by atoms with Gasteiger partial charge in [0.2, 0.25) is 0 Å². The molecule has 7 N–H and O–H groups in total. The molecule has 0 bridgehead atoms. The Bertz CT molecular complexity index is 1200. The molecule has 0 unspecified atom stereocenters. The van der Waals surface area contributed by atoms with Crippen molar-refractivity contribution in [3.8, 4) is 0 Å². The number of anilines is 1. The van der Waals surface area contributed by atoms with Gasteiger partial charge in [0, 0.05) is 0 Å². The normalized spacial score (nSPS) is 12.2. The van der Waals surface area contributed by atoms with Crippen LogP contribution in [-0.2, 0) is 19.2 Å². The number of carbonyl (C=O) groups excluding carboxylic acids is 3. The molecule has 0 aliphatic rings. The monoisotopic (exact) mass is 650 g/mol. The molecule has 11 nitrogen and oxygen atoms in total. The summed E-state index contributed by atoms with van der Waals surface area (Å²) in [5.41, 5.74) is 6.28. The van der Waals surface area contributed by atoms with Crippen LogP contribution in [0.5, 0.6) is 0 Å². The summed E-state index contributed by atoms with van der Waals surface area (Å²) < 4.78 is 0.714. The molecule has 15 heteroatoms. The van der Waals surface area contributed by atoms with Gasteiger partial charge >= 0.3 is 238 Å². The first-order valence-corrected chi connectivity index (χ1v) is 15.5. The van der Waals surface area contributed by atoms with Crippen molar-refractivity contribution in [3.63, 3.8) is 0 Å². The topological polar surface area (TPSA) is 188 Å². The zero-order chi connectivity index (χ0) is 28.2. The first-order valence-electron chi connectivity index (χ1n) is 10.9. The van der Waals surface area contributed by atoms with Gasteiger partial charge in [0.1, 0.15) is 0 Å². The second-order valence-electron chi connectivity index (χ2n) is 7.66. The molecule has 0 aliphatic carbocycles. The Morgan fingerprint density at radius 3 is 2.39 bits per heavy atom. The summed E-state index contributed by atoms with van der Waals surface area (Å²) >= 11 is 11.5. The third kappa shape index (κ3) is 10.5. The van der Waals surface area contributed by atoms with E-state index in [2.05, 4.69) is 16.0 Å². The van der Waals surface area contributed by atoms with E-state index in [4.69, 9.17) is 39.1 Å². The van der Waals surface area contributed by atoms with Gasteiger partial charge in [-0.2, -0.15) is 0 Å². The van der Waals surface area contributed by atoms with Crippen LogP contribution in [0.2, 0.25) is 10.0 Å². The van der Waals surface area contributed by atoms with Crippen molar-refractivity contribution >= 4 is 87.0 Å². The minimum absolute atomic E-state index is 0.0743. The first-order chi connectivity index (χ1) is 18.0. The number of carboxylic acid groups (broad SMARTS) is 2. The third-order valence-corrected chi connectivity index (χ3v) is 9.74. The Balaban J connectivity index is 2.05. The van der Waals surface area contributed by atoms with Crippen LogP contribution in [0.25, 0.3) is 0 Å². The molecule has 204 valence electrons. The fourth-order valence-electron chi connectivity index (χ4n) is 2.81. The molecule has 2 atom stereocenters. The van der Waals surface area contributed by atoms with Gasteiger partial charge in [-0.1, -0.05) is 0 Å². The maximum atomic E-state index is 12.9. The Kier molecular flexibility index (Phi) is 12.9. The summed E-state index contributed by atoms with van der Waals surface area (Å²) in [5, 5.41) is 25.8. The molecule has 2 aromatic carbocycles. The van der Waals surface area contributed by atoms with Gasteiger partial charge in [-0.3, -0.25) is 0 Å². The molecule has 3 amide bonds. The molecule has 0 aliphatic heterocycles. The number of nitrogens with two attached hydrogens (primary N) is 1. The van der Waals surface area contributed by atoms with E-state index in [1.165, 1.54) is 16.2 Å². The van der Waals surface area contributed by atoms with Crippen LogP contribution in [0, 0.1) is 0 Å². The number of halogens is 2. The fraction of sp³-hybridized carbons (Fsp3) is 0.261. The van der Waals surface area contributed by atoms with Crippen LogP contribution in [0.1, 0.15) is 23.2 Å². The van der Waals surface area contributed by atoms with Crippen molar-refractivity contribution < 1.29 is 34.2 Å². The zero-order valence-corrected chi connectivity index (χ0v) is 23.7. The van der Waals surface area contributed by atoms with Crippen molar-refractivity contribution in [2.24, 2.45) is 5.73 Å². The summed E-state index contributed by atoms with van der Waals surface area (Å²) in [6.07, 6.45) is -0.368. The fourth-order valence-corrected chi connectivity index (χ4v) is 7.32. The maximum absolute atomic E-state index is 12.9. The number of aliphatic carboxylic acids is 2. The van der Waals surface area contributed by atoms with Crippen LogP contribution in [0.3, 0.4) is 0 Å². The van der Waals surface area contributed by atoms with Crippen LogP contribution >= 0.6 is 33.4 Å². The van der Waals surface area contributed by atoms with Crippen LogP contribution in [0.4, 0.5) is 5.69 Å². The number of carboxylic acids is 2. The quantitative estimate of drug-likeness (QED) is 0.163. The Morgan fingerprint density at radius 1 is 1.03 bits per heavy atom. The Labute approximate surface area is 237 Å². The summed E-state index contributed by atoms with van der Waals surface area (Å²) in [7, 11) is 1.29. The van der Waals surface area contributed by atoms with E-state index in [9.17, 15) is 24.0 Å². The second-order valence-corrected chi connectivity index (χ2v) is 12.7. The van der Waals surface area contributed by atoms with E-state index >= 15 is 0 Å². The standard InChI is InChI=1S/C23H24Cl2N4O7SSe/c24-14-6-5-12(9-15(14)25)28-21(33)13-3-1-2-4-18(13)38-37-11-17(22(34)27-10-20(31)32)29-19(30)8-7-16(26)23(35)36/h1-6,9,16-17H,7-8,10-11,26H2,(H,27,34)(H,28,33)(H,29,30)(H,31,32)(H,35,36)/t16-,17-/m1/s1. The van der Waals surface area contributed by atoms with E-state index < -0.39 is 42.4 Å². The van der Waals surface area contributed by atoms with Crippen molar-refractivity contribution in [1.29, 1.82) is 0 Å². The Hall–Kier alpha value is -2.80. The summed E-state index contributed by atoms with van der Waals surface area (Å²) in [4.78, 5) is 59.4. The van der Waals surface area contributed by atoms with E-state index in [0.29, 0.717) is 20.7 Å². The molecule has 0 spiro atoms. The average molecular weight is 650 g/mol. The number of benzene rings is 2. The molecule has 2 rings (SSSR count). The molecule has 0 aromatic heterocycles. The Morgan fingerprint density at radius 2 is 1.74 bits per heavy atom. The van der Waals surface area contributed by atoms with Gasteiger partial charge in [-0.25, -0.2) is 0 Å². The number of hydrogen-bond donors (Lipinski definition) is 6. The third-order valence-electron chi connectivity index (χ3n) is 4.76. The van der Waals surface area contributed by atoms with Gasteiger partial charge < -0.3 is 0 Å². The van der Waals surface area contributed by atoms with Gasteiger partial charge in [0.05, 0.1) is 0 Å². The number of amides is 3. The minimum atomic E-state index is -1.26. The molecule has 2 aromatic rings. The molecular weight excluding hydrogens is 626 g/mol. The predicted molar refractivity (Wildman–Crippen MR) is 146 cm³/mol. The van der Waals surface area contributed by atoms with Crippen molar-refractivity contribution in [2.45, 2.75) is 24.9 Å². The van der Waals surface area contributed by atoms with Crippen LogP contribution in [-0.4, -0.2) is 78.1 Å². The summed E-state index contributed by atoms with van der Waals surface area (Å²) in [5.74, 6) is -4.13. The number of hydrogen-bond acceptors (Lipinski definition) is 7. The molecule has 0 saturated heterocycles. The molecule has 38 heavy (non-hydrogen) atoms. The second kappa shape index (κ2) is 15.6. The van der Waals surface area contributed by atoms with E-state index in [1.54, 1.807) is 36.4 Å². The first kappa shape index (κ1) is 31.4. The number of rotatable bonds is 14. The van der Waals surface area contributed by atoms with Gasteiger partial charge in [0.15, 0.2) is 0 Å². The molecule has 0 saturated carbocycles. The van der Waals surface area contributed by atoms with Gasteiger partial charge in [0.25, 0.3) is 0 Å². The SMILES string of the molecule is N[C@H](CCC(=O)N[C@H](CS[Se]c1ccccc1C(=O)Nc1ccc(Cl)c(Cl)c1)C(=O)NCC(=O)O)C(=O)O. The van der Waals surface area contributed by atoms with E-state index in [-0.39, 0.29) is 43.4 Å². The number of nitrogens with one attached hydrogen (secondary N) is 3. The van der Waals surface area contributed by atoms with Crippen molar-refractivity contribution in [3.05, 3.63) is 58.1 Å². The van der Waals surface area contributed by atoms with Gasteiger partial charge in [-0.15, -0.1) is 0 Å². The van der Waals surface area contributed by atoms with Crippen molar-refractivity contribution in [2.75, 3.05) is 17.6 Å².